The quantitative estimate of drug-likeness (QED) is 0.159. The zero-order chi connectivity index (χ0) is 33.5. The van der Waals surface area contributed by atoms with Gasteiger partial charge in [0.15, 0.2) is 0 Å². The minimum Gasteiger partial charge on any atom is -0.302 e. The smallest absolute Gasteiger partial charge is 0.258 e. The number of rotatable bonds is 6. The van der Waals surface area contributed by atoms with Gasteiger partial charge in [-0.25, -0.2) is 0 Å². The van der Waals surface area contributed by atoms with Crippen LogP contribution in [0.3, 0.4) is 0 Å². The molecular formula is C45H40BrNO. The van der Waals surface area contributed by atoms with Crippen molar-refractivity contribution in [1.82, 2.24) is 0 Å². The average Bonchev–Trinajstić information content (AvgIpc) is 3.10. The Balaban J connectivity index is 1.55. The number of hydrogen-bond donors (Lipinski definition) is 0. The standard InChI is InChI=1S/C45H40BrNO/c1-32-20-24-34(25-21-32)44(4)31-43(2,3)47(42(48)33-22-27-39(46)28-23-33)41-29-26-38(30-40(41)44)45(35-14-8-5-9-15-35,36-16-10-6-11-17-36)37-18-12-7-13-19-37/h5-30H,31H2,1-4H3. The lowest BCUT2D eigenvalue weighted by molar-refractivity contribution is 0.0948. The fourth-order valence-corrected chi connectivity index (χ4v) is 8.39. The van der Waals surface area contributed by atoms with Gasteiger partial charge in [0.05, 0.1) is 5.41 Å². The highest BCUT2D eigenvalue weighted by molar-refractivity contribution is 9.10. The van der Waals surface area contributed by atoms with E-state index in [1.165, 1.54) is 33.4 Å². The Labute approximate surface area is 293 Å². The van der Waals surface area contributed by atoms with Gasteiger partial charge in [-0.15, -0.1) is 0 Å². The maximum atomic E-state index is 14.5. The van der Waals surface area contributed by atoms with E-state index in [0.29, 0.717) is 5.56 Å². The van der Waals surface area contributed by atoms with Gasteiger partial charge in [-0.1, -0.05) is 156 Å². The summed E-state index contributed by atoms with van der Waals surface area (Å²) in [6.07, 6.45) is 0.761. The summed E-state index contributed by atoms with van der Waals surface area (Å²) in [6.45, 7) is 8.90. The van der Waals surface area contributed by atoms with Gasteiger partial charge in [-0.2, -0.15) is 0 Å². The van der Waals surface area contributed by atoms with E-state index in [4.69, 9.17) is 0 Å². The average molecular weight is 691 g/mol. The molecule has 1 amide bonds. The summed E-state index contributed by atoms with van der Waals surface area (Å²) in [6, 6.07) is 56.0. The molecule has 6 aromatic carbocycles. The van der Waals surface area contributed by atoms with Gasteiger partial charge in [-0.05, 0) is 90.9 Å². The molecule has 0 bridgehead atoms. The summed E-state index contributed by atoms with van der Waals surface area (Å²) in [4.78, 5) is 16.6. The van der Waals surface area contributed by atoms with Crippen LogP contribution in [0.25, 0.3) is 0 Å². The maximum absolute atomic E-state index is 14.5. The molecule has 0 aromatic heterocycles. The van der Waals surface area contributed by atoms with Crippen molar-refractivity contribution in [2.24, 2.45) is 0 Å². The Bertz CT molecular complexity index is 1960. The third-order valence-corrected chi connectivity index (χ3v) is 10.8. The van der Waals surface area contributed by atoms with E-state index in [0.717, 1.165) is 22.1 Å². The van der Waals surface area contributed by atoms with Crippen molar-refractivity contribution in [1.29, 1.82) is 0 Å². The predicted octanol–water partition coefficient (Wildman–Crippen LogP) is 11.3. The van der Waals surface area contributed by atoms with Crippen LogP contribution in [-0.4, -0.2) is 11.4 Å². The first-order valence-corrected chi connectivity index (χ1v) is 17.4. The van der Waals surface area contributed by atoms with Crippen molar-refractivity contribution in [3.8, 4) is 0 Å². The SMILES string of the molecule is Cc1ccc(C2(C)CC(C)(C)N(C(=O)c3ccc(Br)cc3)c3ccc(C(c4ccccc4)(c4ccccc4)c4ccccc4)cc32)cc1. The number of carbonyl (C=O) groups excluding carboxylic acids is 1. The summed E-state index contributed by atoms with van der Waals surface area (Å²) in [5, 5.41) is 0. The molecule has 6 aromatic rings. The Morgan fingerprint density at radius 2 is 1.12 bits per heavy atom. The molecule has 0 radical (unpaired) electrons. The lowest BCUT2D eigenvalue weighted by Gasteiger charge is -2.52. The molecule has 238 valence electrons. The number of halogens is 1. The van der Waals surface area contributed by atoms with Gasteiger partial charge in [-0.3, -0.25) is 4.79 Å². The van der Waals surface area contributed by atoms with Crippen molar-refractivity contribution in [3.63, 3.8) is 0 Å². The fourth-order valence-electron chi connectivity index (χ4n) is 8.12. The van der Waals surface area contributed by atoms with Crippen LogP contribution < -0.4 is 4.90 Å². The zero-order valence-electron chi connectivity index (χ0n) is 28.0. The summed E-state index contributed by atoms with van der Waals surface area (Å²) in [5.74, 6) is 0.00731. The second kappa shape index (κ2) is 12.4. The van der Waals surface area contributed by atoms with Crippen molar-refractivity contribution in [2.45, 2.75) is 50.5 Å². The lowest BCUT2D eigenvalue weighted by Crippen LogP contribution is -2.56. The molecule has 1 heterocycles. The number of aryl methyl sites for hydroxylation is 1. The minimum absolute atomic E-state index is 0.00731. The highest BCUT2D eigenvalue weighted by atomic mass is 79.9. The number of anilines is 1. The minimum atomic E-state index is -0.597. The Kier molecular flexibility index (Phi) is 8.21. The summed E-state index contributed by atoms with van der Waals surface area (Å²) < 4.78 is 0.952. The molecular weight excluding hydrogens is 650 g/mol. The Morgan fingerprint density at radius 1 is 0.625 bits per heavy atom. The van der Waals surface area contributed by atoms with Crippen molar-refractivity contribution in [2.75, 3.05) is 4.90 Å². The number of carbonyl (C=O) groups is 1. The molecule has 3 heteroatoms. The topological polar surface area (TPSA) is 20.3 Å². The number of nitrogens with zero attached hydrogens (tertiary/aromatic N) is 1. The van der Waals surface area contributed by atoms with Crippen LogP contribution in [0.2, 0.25) is 0 Å². The third kappa shape index (κ3) is 5.31. The predicted molar refractivity (Wildman–Crippen MR) is 202 cm³/mol. The van der Waals surface area contributed by atoms with E-state index < -0.39 is 11.0 Å². The summed E-state index contributed by atoms with van der Waals surface area (Å²) in [5.41, 5.74) is 8.58. The van der Waals surface area contributed by atoms with E-state index in [1.807, 2.05) is 29.2 Å². The zero-order valence-corrected chi connectivity index (χ0v) is 29.5. The highest BCUT2D eigenvalue weighted by Crippen LogP contribution is 2.54. The third-order valence-electron chi connectivity index (χ3n) is 10.3. The second-order valence-electron chi connectivity index (χ2n) is 13.9. The summed E-state index contributed by atoms with van der Waals surface area (Å²) >= 11 is 3.54. The molecule has 7 rings (SSSR count). The molecule has 0 saturated heterocycles. The van der Waals surface area contributed by atoms with E-state index in [2.05, 4.69) is 177 Å². The van der Waals surface area contributed by atoms with Crippen molar-refractivity contribution < 1.29 is 4.79 Å². The monoisotopic (exact) mass is 689 g/mol. The first-order valence-electron chi connectivity index (χ1n) is 16.6. The van der Waals surface area contributed by atoms with Crippen LogP contribution in [0.4, 0.5) is 5.69 Å². The van der Waals surface area contributed by atoms with Crippen LogP contribution in [-0.2, 0) is 10.8 Å². The molecule has 1 atom stereocenters. The normalized spacial score (nSPS) is 17.1. The molecule has 0 spiro atoms. The Hall–Kier alpha value is -4.73. The van der Waals surface area contributed by atoms with E-state index in [-0.39, 0.29) is 11.3 Å². The molecule has 0 aliphatic carbocycles. The van der Waals surface area contributed by atoms with Gasteiger partial charge in [0.1, 0.15) is 0 Å². The van der Waals surface area contributed by atoms with Crippen molar-refractivity contribution >= 4 is 27.5 Å². The Morgan fingerprint density at radius 3 is 1.62 bits per heavy atom. The van der Waals surface area contributed by atoms with Gasteiger partial charge in [0.25, 0.3) is 5.91 Å². The van der Waals surface area contributed by atoms with E-state index in [1.54, 1.807) is 0 Å². The lowest BCUT2D eigenvalue weighted by atomic mass is 9.61. The van der Waals surface area contributed by atoms with Crippen LogP contribution in [0.1, 0.15) is 76.5 Å². The molecule has 1 aliphatic heterocycles. The molecule has 1 aliphatic rings. The van der Waals surface area contributed by atoms with Gasteiger partial charge in [0, 0.05) is 26.7 Å². The van der Waals surface area contributed by atoms with Gasteiger partial charge in [0.2, 0.25) is 0 Å². The highest BCUT2D eigenvalue weighted by Gasteiger charge is 2.49. The molecule has 48 heavy (non-hydrogen) atoms. The van der Waals surface area contributed by atoms with Crippen LogP contribution in [0.15, 0.2) is 162 Å². The summed E-state index contributed by atoms with van der Waals surface area (Å²) in [7, 11) is 0. The second-order valence-corrected chi connectivity index (χ2v) is 14.8. The molecule has 2 nitrogen and oxygen atoms in total. The van der Waals surface area contributed by atoms with E-state index in [9.17, 15) is 4.79 Å². The van der Waals surface area contributed by atoms with Crippen LogP contribution >= 0.6 is 15.9 Å². The number of amides is 1. The molecule has 0 saturated carbocycles. The first kappa shape index (κ1) is 31.8. The van der Waals surface area contributed by atoms with Crippen LogP contribution in [0, 0.1) is 6.92 Å². The molecule has 1 unspecified atom stereocenters. The molecule has 0 fully saturated rings. The maximum Gasteiger partial charge on any atom is 0.258 e. The van der Waals surface area contributed by atoms with E-state index >= 15 is 0 Å². The first-order chi connectivity index (χ1) is 23.1. The number of fused-ring (bicyclic) bond motifs is 1. The van der Waals surface area contributed by atoms with Crippen molar-refractivity contribution in [3.05, 3.63) is 207 Å². The van der Waals surface area contributed by atoms with Crippen LogP contribution in [0.5, 0.6) is 0 Å². The number of benzene rings is 6. The van der Waals surface area contributed by atoms with Gasteiger partial charge >= 0.3 is 0 Å². The number of hydrogen-bond acceptors (Lipinski definition) is 1. The fraction of sp³-hybridized carbons (Fsp3) is 0.178. The molecule has 0 N–H and O–H groups in total. The largest absolute Gasteiger partial charge is 0.302 e. The van der Waals surface area contributed by atoms with Gasteiger partial charge < -0.3 is 4.90 Å².